The molecule has 1 aliphatic rings. The Kier molecular flexibility index (Phi) is 6.86. The lowest BCUT2D eigenvalue weighted by atomic mass is 10.0. The molecule has 2 rings (SSSR count). The summed E-state index contributed by atoms with van der Waals surface area (Å²) < 4.78 is 10.5. The molecule has 1 fully saturated rings. The van der Waals surface area contributed by atoms with Crippen molar-refractivity contribution in [2.24, 2.45) is 5.92 Å². The van der Waals surface area contributed by atoms with Crippen LogP contribution in [0.2, 0.25) is 0 Å². The van der Waals surface area contributed by atoms with Gasteiger partial charge in [0, 0.05) is 25.7 Å². The van der Waals surface area contributed by atoms with Crippen molar-refractivity contribution in [2.45, 2.75) is 26.3 Å². The SMILES string of the molecule is COc1ccc(CC(=O)NCC(C(C)C)N2CCOCC2)cc1. The van der Waals surface area contributed by atoms with E-state index in [9.17, 15) is 4.79 Å². The molecule has 0 aromatic heterocycles. The van der Waals surface area contributed by atoms with Gasteiger partial charge in [-0.2, -0.15) is 0 Å². The lowest BCUT2D eigenvalue weighted by Crippen LogP contribution is -2.51. The van der Waals surface area contributed by atoms with Gasteiger partial charge < -0.3 is 14.8 Å². The molecule has 0 bridgehead atoms. The van der Waals surface area contributed by atoms with E-state index in [4.69, 9.17) is 9.47 Å². The molecule has 5 heteroatoms. The maximum atomic E-state index is 12.2. The van der Waals surface area contributed by atoms with E-state index < -0.39 is 0 Å². The highest BCUT2D eigenvalue weighted by molar-refractivity contribution is 5.78. The Labute approximate surface area is 139 Å². The van der Waals surface area contributed by atoms with Crippen molar-refractivity contribution < 1.29 is 14.3 Å². The lowest BCUT2D eigenvalue weighted by molar-refractivity contribution is -0.120. The fraction of sp³-hybridized carbons (Fsp3) is 0.611. The van der Waals surface area contributed by atoms with Gasteiger partial charge in [-0.3, -0.25) is 9.69 Å². The Morgan fingerprint density at radius 3 is 2.48 bits per heavy atom. The number of hydrogen-bond donors (Lipinski definition) is 1. The number of benzene rings is 1. The molecule has 1 atom stereocenters. The first-order valence-corrected chi connectivity index (χ1v) is 8.31. The summed E-state index contributed by atoms with van der Waals surface area (Å²) >= 11 is 0. The molecule has 0 spiro atoms. The number of nitrogens with one attached hydrogen (secondary N) is 1. The molecule has 1 aromatic rings. The third-order valence-corrected chi connectivity index (χ3v) is 4.32. The summed E-state index contributed by atoms with van der Waals surface area (Å²) in [5.74, 6) is 1.37. The second-order valence-electron chi connectivity index (χ2n) is 6.29. The van der Waals surface area contributed by atoms with Gasteiger partial charge in [0.1, 0.15) is 5.75 Å². The summed E-state index contributed by atoms with van der Waals surface area (Å²) in [5, 5.41) is 3.09. The first-order valence-electron chi connectivity index (χ1n) is 8.31. The van der Waals surface area contributed by atoms with Gasteiger partial charge in [0.05, 0.1) is 26.7 Å². The first kappa shape index (κ1) is 17.8. The van der Waals surface area contributed by atoms with Gasteiger partial charge in [0.15, 0.2) is 0 Å². The summed E-state index contributed by atoms with van der Waals surface area (Å²) in [7, 11) is 1.64. The minimum Gasteiger partial charge on any atom is -0.497 e. The maximum Gasteiger partial charge on any atom is 0.224 e. The van der Waals surface area contributed by atoms with Crippen LogP contribution >= 0.6 is 0 Å². The number of ether oxygens (including phenoxy) is 2. The van der Waals surface area contributed by atoms with Gasteiger partial charge in [0.2, 0.25) is 5.91 Å². The van der Waals surface area contributed by atoms with Gasteiger partial charge in [0.25, 0.3) is 0 Å². The number of nitrogens with zero attached hydrogens (tertiary/aromatic N) is 1. The highest BCUT2D eigenvalue weighted by Gasteiger charge is 2.24. The Balaban J connectivity index is 1.83. The lowest BCUT2D eigenvalue weighted by Gasteiger charge is -2.36. The summed E-state index contributed by atoms with van der Waals surface area (Å²) in [6, 6.07) is 7.99. The van der Waals surface area contributed by atoms with E-state index in [1.807, 2.05) is 24.3 Å². The van der Waals surface area contributed by atoms with Crippen molar-refractivity contribution in [3.8, 4) is 5.75 Å². The fourth-order valence-electron chi connectivity index (χ4n) is 2.91. The van der Waals surface area contributed by atoms with Crippen LogP contribution in [-0.4, -0.2) is 56.8 Å². The van der Waals surface area contributed by atoms with Crippen LogP contribution in [0.5, 0.6) is 5.75 Å². The van der Waals surface area contributed by atoms with Crippen LogP contribution in [0.4, 0.5) is 0 Å². The van der Waals surface area contributed by atoms with Crippen LogP contribution < -0.4 is 10.1 Å². The largest absolute Gasteiger partial charge is 0.497 e. The number of methoxy groups -OCH3 is 1. The molecule has 1 unspecified atom stereocenters. The molecule has 23 heavy (non-hydrogen) atoms. The average molecular weight is 320 g/mol. The monoisotopic (exact) mass is 320 g/mol. The van der Waals surface area contributed by atoms with E-state index in [-0.39, 0.29) is 5.91 Å². The molecule has 1 aliphatic heterocycles. The number of hydrogen-bond acceptors (Lipinski definition) is 4. The molecule has 1 aromatic carbocycles. The van der Waals surface area contributed by atoms with Crippen molar-refractivity contribution in [1.29, 1.82) is 0 Å². The Bertz CT molecular complexity index is 482. The van der Waals surface area contributed by atoms with Gasteiger partial charge in [-0.05, 0) is 23.6 Å². The van der Waals surface area contributed by atoms with E-state index in [1.165, 1.54) is 0 Å². The van der Waals surface area contributed by atoms with E-state index >= 15 is 0 Å². The quantitative estimate of drug-likeness (QED) is 0.831. The topological polar surface area (TPSA) is 50.8 Å². The Hall–Kier alpha value is -1.59. The summed E-state index contributed by atoms with van der Waals surface area (Å²) in [6.45, 7) is 8.54. The number of amides is 1. The molecule has 1 saturated heterocycles. The summed E-state index contributed by atoms with van der Waals surface area (Å²) in [4.78, 5) is 14.6. The summed E-state index contributed by atoms with van der Waals surface area (Å²) in [5.41, 5.74) is 0.996. The highest BCUT2D eigenvalue weighted by Crippen LogP contribution is 2.13. The molecular weight excluding hydrogens is 292 g/mol. The Morgan fingerprint density at radius 1 is 1.26 bits per heavy atom. The summed E-state index contributed by atoms with van der Waals surface area (Å²) in [6.07, 6.45) is 0.401. The maximum absolute atomic E-state index is 12.2. The zero-order valence-electron chi connectivity index (χ0n) is 14.4. The molecule has 1 N–H and O–H groups in total. The van der Waals surface area contributed by atoms with E-state index in [2.05, 4.69) is 24.1 Å². The number of morpholine rings is 1. The van der Waals surface area contributed by atoms with Gasteiger partial charge >= 0.3 is 0 Å². The fourth-order valence-corrected chi connectivity index (χ4v) is 2.91. The second kappa shape index (κ2) is 8.89. The van der Waals surface area contributed by atoms with Crippen molar-refractivity contribution in [1.82, 2.24) is 10.2 Å². The van der Waals surface area contributed by atoms with Crippen molar-refractivity contribution >= 4 is 5.91 Å². The molecule has 128 valence electrons. The van der Waals surface area contributed by atoms with Crippen LogP contribution in [0.1, 0.15) is 19.4 Å². The third kappa shape index (κ3) is 5.52. The molecular formula is C18H28N2O3. The molecule has 1 amide bonds. The van der Waals surface area contributed by atoms with Crippen molar-refractivity contribution in [2.75, 3.05) is 40.0 Å². The normalized spacial score (nSPS) is 17.0. The molecule has 0 radical (unpaired) electrons. The third-order valence-electron chi connectivity index (χ3n) is 4.32. The predicted molar refractivity (Wildman–Crippen MR) is 90.7 cm³/mol. The predicted octanol–water partition coefficient (Wildman–Crippen LogP) is 1.71. The standard InChI is InChI=1S/C18H28N2O3/c1-14(2)17(20-8-10-23-11-9-20)13-19-18(21)12-15-4-6-16(22-3)7-5-15/h4-7,14,17H,8-13H2,1-3H3,(H,19,21). The molecule has 1 heterocycles. The number of carbonyl (C=O) groups is 1. The van der Waals surface area contributed by atoms with E-state index in [0.29, 0.717) is 24.9 Å². The number of carbonyl (C=O) groups excluding carboxylic acids is 1. The highest BCUT2D eigenvalue weighted by atomic mass is 16.5. The minimum absolute atomic E-state index is 0.0640. The zero-order valence-corrected chi connectivity index (χ0v) is 14.4. The Morgan fingerprint density at radius 2 is 1.91 bits per heavy atom. The molecule has 0 aliphatic carbocycles. The van der Waals surface area contributed by atoms with E-state index in [1.54, 1.807) is 7.11 Å². The molecule has 5 nitrogen and oxygen atoms in total. The van der Waals surface area contributed by atoms with Crippen LogP contribution in [-0.2, 0) is 16.0 Å². The van der Waals surface area contributed by atoms with Crippen molar-refractivity contribution in [3.05, 3.63) is 29.8 Å². The van der Waals surface area contributed by atoms with Crippen molar-refractivity contribution in [3.63, 3.8) is 0 Å². The van der Waals surface area contributed by atoms with Crippen LogP contribution in [0, 0.1) is 5.92 Å². The van der Waals surface area contributed by atoms with Gasteiger partial charge in [-0.1, -0.05) is 26.0 Å². The van der Waals surface area contributed by atoms with E-state index in [0.717, 1.165) is 37.6 Å². The van der Waals surface area contributed by atoms with Crippen LogP contribution in [0.25, 0.3) is 0 Å². The molecule has 0 saturated carbocycles. The first-order chi connectivity index (χ1) is 11.1. The second-order valence-corrected chi connectivity index (χ2v) is 6.29. The van der Waals surface area contributed by atoms with Gasteiger partial charge in [-0.15, -0.1) is 0 Å². The zero-order chi connectivity index (χ0) is 16.7. The smallest absolute Gasteiger partial charge is 0.224 e. The minimum atomic E-state index is 0.0640. The van der Waals surface area contributed by atoms with Crippen LogP contribution in [0.3, 0.4) is 0 Å². The van der Waals surface area contributed by atoms with Gasteiger partial charge in [-0.25, -0.2) is 0 Å². The number of rotatable bonds is 7. The average Bonchev–Trinajstić information content (AvgIpc) is 2.56. The van der Waals surface area contributed by atoms with Crippen LogP contribution in [0.15, 0.2) is 24.3 Å².